The first-order valence-corrected chi connectivity index (χ1v) is 6.24. The summed E-state index contributed by atoms with van der Waals surface area (Å²) in [5, 5.41) is 13.4. The number of aromatic hydroxyl groups is 1. The number of methoxy groups -OCH3 is 1. The molecule has 1 aromatic heterocycles. The zero-order valence-corrected chi connectivity index (χ0v) is 11.3. The van der Waals surface area contributed by atoms with Crippen LogP contribution in [0.1, 0.15) is 37.3 Å². The lowest BCUT2D eigenvalue weighted by atomic mass is 10.1. The van der Waals surface area contributed by atoms with Gasteiger partial charge in [0.05, 0.1) is 13.2 Å². The van der Waals surface area contributed by atoms with Crippen molar-refractivity contribution in [2.75, 3.05) is 7.11 Å². The van der Waals surface area contributed by atoms with Crippen molar-refractivity contribution < 1.29 is 9.84 Å². The quantitative estimate of drug-likeness (QED) is 0.773. The van der Waals surface area contributed by atoms with Crippen LogP contribution in [-0.4, -0.2) is 22.2 Å². The largest absolute Gasteiger partial charge is 0.507 e. The van der Waals surface area contributed by atoms with Crippen LogP contribution in [0, 0.1) is 0 Å². The van der Waals surface area contributed by atoms with Crippen molar-refractivity contribution in [2.24, 2.45) is 0 Å². The highest BCUT2D eigenvalue weighted by Crippen LogP contribution is 2.29. The minimum Gasteiger partial charge on any atom is -0.507 e. The number of ether oxygens (including phenoxy) is 1. The van der Waals surface area contributed by atoms with Crippen molar-refractivity contribution in [2.45, 2.75) is 25.9 Å². The Labute approximate surface area is 112 Å². The first-order chi connectivity index (χ1) is 9.11. The number of aromatic amines is 1. The third kappa shape index (κ3) is 3.06. The van der Waals surface area contributed by atoms with Crippen molar-refractivity contribution in [3.63, 3.8) is 0 Å². The second kappa shape index (κ2) is 5.75. The van der Waals surface area contributed by atoms with Gasteiger partial charge in [0.1, 0.15) is 17.3 Å². The molecule has 5 heteroatoms. The van der Waals surface area contributed by atoms with Crippen LogP contribution in [0.25, 0.3) is 0 Å². The minimum absolute atomic E-state index is 0.00556. The lowest BCUT2D eigenvalue weighted by Gasteiger charge is -2.20. The van der Waals surface area contributed by atoms with Crippen LogP contribution in [0.15, 0.2) is 30.6 Å². The van der Waals surface area contributed by atoms with Crippen LogP contribution < -0.4 is 10.1 Å². The lowest BCUT2D eigenvalue weighted by molar-refractivity contribution is 0.401. The van der Waals surface area contributed by atoms with E-state index in [0.717, 1.165) is 11.4 Å². The van der Waals surface area contributed by atoms with Gasteiger partial charge in [-0.2, -0.15) is 0 Å². The van der Waals surface area contributed by atoms with Crippen molar-refractivity contribution >= 4 is 0 Å². The molecule has 0 saturated heterocycles. The molecule has 19 heavy (non-hydrogen) atoms. The predicted octanol–water partition coefficient (Wildman–Crippen LogP) is 2.54. The second-order valence-corrected chi connectivity index (χ2v) is 4.51. The Morgan fingerprint density at radius 1 is 1.32 bits per heavy atom. The van der Waals surface area contributed by atoms with E-state index in [-0.39, 0.29) is 17.8 Å². The van der Waals surface area contributed by atoms with Gasteiger partial charge in [0.25, 0.3) is 0 Å². The van der Waals surface area contributed by atoms with Crippen LogP contribution in [-0.2, 0) is 0 Å². The molecule has 102 valence electrons. The maximum absolute atomic E-state index is 9.99. The van der Waals surface area contributed by atoms with E-state index in [9.17, 15) is 5.11 Å². The Morgan fingerprint density at radius 3 is 2.68 bits per heavy atom. The lowest BCUT2D eigenvalue weighted by Crippen LogP contribution is -2.23. The van der Waals surface area contributed by atoms with E-state index in [1.54, 1.807) is 25.6 Å². The molecular formula is C14H19N3O2. The third-order valence-corrected chi connectivity index (χ3v) is 3.13. The molecule has 0 aliphatic rings. The number of rotatable bonds is 5. The SMILES string of the molecule is COc1ccc(C(C)NC(C)c2ncc[nH]2)c(O)c1. The molecule has 0 bridgehead atoms. The molecule has 2 atom stereocenters. The van der Waals surface area contributed by atoms with Crippen LogP contribution in [0.5, 0.6) is 11.5 Å². The summed E-state index contributed by atoms with van der Waals surface area (Å²) in [5.41, 5.74) is 0.833. The molecule has 3 N–H and O–H groups in total. The number of nitrogens with one attached hydrogen (secondary N) is 2. The van der Waals surface area contributed by atoms with E-state index in [0.29, 0.717) is 5.75 Å². The summed E-state index contributed by atoms with van der Waals surface area (Å²) in [6.07, 6.45) is 3.52. The summed E-state index contributed by atoms with van der Waals surface area (Å²) in [6, 6.07) is 5.40. The molecule has 0 spiro atoms. The van der Waals surface area contributed by atoms with E-state index >= 15 is 0 Å². The third-order valence-electron chi connectivity index (χ3n) is 3.13. The summed E-state index contributed by atoms with van der Waals surface area (Å²) in [6.45, 7) is 4.02. The first kappa shape index (κ1) is 13.4. The number of aromatic nitrogens is 2. The fourth-order valence-electron chi connectivity index (χ4n) is 2.07. The average Bonchev–Trinajstić information content (AvgIpc) is 2.92. The standard InChI is InChI=1S/C14H19N3O2/c1-9(17-10(2)14-15-6-7-16-14)12-5-4-11(19-3)8-13(12)18/h4-10,17-18H,1-3H3,(H,15,16). The number of hydrogen-bond donors (Lipinski definition) is 3. The van der Waals surface area contributed by atoms with Crippen molar-refractivity contribution in [1.29, 1.82) is 0 Å². The second-order valence-electron chi connectivity index (χ2n) is 4.51. The van der Waals surface area contributed by atoms with Crippen LogP contribution in [0.3, 0.4) is 0 Å². The van der Waals surface area contributed by atoms with Gasteiger partial charge in [0.15, 0.2) is 0 Å². The molecule has 5 nitrogen and oxygen atoms in total. The van der Waals surface area contributed by atoms with E-state index in [1.165, 1.54) is 0 Å². The maximum Gasteiger partial charge on any atom is 0.124 e. The van der Waals surface area contributed by atoms with E-state index in [2.05, 4.69) is 15.3 Å². The molecule has 0 aliphatic carbocycles. The van der Waals surface area contributed by atoms with E-state index in [1.807, 2.05) is 26.0 Å². The normalized spacial score (nSPS) is 14.1. The van der Waals surface area contributed by atoms with Crippen LogP contribution in [0.2, 0.25) is 0 Å². The first-order valence-electron chi connectivity index (χ1n) is 6.24. The van der Waals surface area contributed by atoms with Crippen LogP contribution in [0.4, 0.5) is 0 Å². The van der Waals surface area contributed by atoms with Gasteiger partial charge < -0.3 is 20.1 Å². The Balaban J connectivity index is 2.09. The summed E-state index contributed by atoms with van der Waals surface area (Å²) in [5.74, 6) is 1.75. The average molecular weight is 261 g/mol. The smallest absolute Gasteiger partial charge is 0.124 e. The summed E-state index contributed by atoms with van der Waals surface area (Å²) < 4.78 is 5.07. The van der Waals surface area contributed by atoms with Crippen molar-refractivity contribution in [1.82, 2.24) is 15.3 Å². The summed E-state index contributed by atoms with van der Waals surface area (Å²) in [4.78, 5) is 7.28. The predicted molar refractivity (Wildman–Crippen MR) is 73.2 cm³/mol. The molecule has 0 aliphatic heterocycles. The van der Waals surface area contributed by atoms with Crippen LogP contribution >= 0.6 is 0 Å². The van der Waals surface area contributed by atoms with Gasteiger partial charge >= 0.3 is 0 Å². The minimum atomic E-state index is 0.00556. The molecule has 0 saturated carbocycles. The molecule has 0 radical (unpaired) electrons. The van der Waals surface area contributed by atoms with E-state index in [4.69, 9.17) is 4.74 Å². The number of hydrogen-bond acceptors (Lipinski definition) is 4. The van der Waals surface area contributed by atoms with E-state index < -0.39 is 0 Å². The summed E-state index contributed by atoms with van der Waals surface area (Å²) in [7, 11) is 1.58. The highest BCUT2D eigenvalue weighted by atomic mass is 16.5. The number of H-pyrrole nitrogens is 1. The molecule has 2 unspecified atom stereocenters. The molecular weight excluding hydrogens is 242 g/mol. The highest BCUT2D eigenvalue weighted by Gasteiger charge is 2.15. The highest BCUT2D eigenvalue weighted by molar-refractivity contribution is 5.41. The number of phenols is 1. The molecule has 0 amide bonds. The topological polar surface area (TPSA) is 70.2 Å². The molecule has 2 aromatic rings. The molecule has 0 fully saturated rings. The Kier molecular flexibility index (Phi) is 4.06. The van der Waals surface area contributed by atoms with Gasteiger partial charge in [-0.1, -0.05) is 6.07 Å². The Bertz CT molecular complexity index is 525. The van der Waals surface area contributed by atoms with Gasteiger partial charge in [-0.25, -0.2) is 4.98 Å². The molecule has 1 heterocycles. The number of phenolic OH excluding ortho intramolecular Hbond substituents is 1. The van der Waals surface area contributed by atoms with Crippen molar-refractivity contribution in [3.8, 4) is 11.5 Å². The fraction of sp³-hybridized carbons (Fsp3) is 0.357. The van der Waals surface area contributed by atoms with Gasteiger partial charge in [-0.15, -0.1) is 0 Å². The Morgan fingerprint density at radius 2 is 2.11 bits per heavy atom. The zero-order valence-electron chi connectivity index (χ0n) is 11.3. The number of nitrogens with zero attached hydrogens (tertiary/aromatic N) is 1. The molecule has 1 aromatic carbocycles. The summed E-state index contributed by atoms with van der Waals surface area (Å²) >= 11 is 0. The fourth-order valence-corrected chi connectivity index (χ4v) is 2.07. The Hall–Kier alpha value is -2.01. The number of imidazole rings is 1. The van der Waals surface area contributed by atoms with Gasteiger partial charge in [0.2, 0.25) is 0 Å². The zero-order chi connectivity index (χ0) is 13.8. The van der Waals surface area contributed by atoms with Gasteiger partial charge in [0, 0.05) is 30.1 Å². The van der Waals surface area contributed by atoms with Crippen molar-refractivity contribution in [3.05, 3.63) is 42.0 Å². The maximum atomic E-state index is 9.99. The molecule has 2 rings (SSSR count). The van der Waals surface area contributed by atoms with Gasteiger partial charge in [-0.3, -0.25) is 0 Å². The monoisotopic (exact) mass is 261 g/mol. The number of benzene rings is 1. The van der Waals surface area contributed by atoms with Gasteiger partial charge in [-0.05, 0) is 19.9 Å².